The first-order chi connectivity index (χ1) is 18.1. The van der Waals surface area contributed by atoms with Gasteiger partial charge in [0.05, 0.1) is 11.8 Å². The minimum atomic E-state index is -0.379. The first-order valence-corrected chi connectivity index (χ1v) is 12.8. The van der Waals surface area contributed by atoms with Crippen LogP contribution in [-0.4, -0.2) is 29.2 Å². The number of carbonyl (C=O) groups is 3. The van der Waals surface area contributed by atoms with E-state index in [2.05, 4.69) is 29.6 Å². The molecule has 3 aromatic rings. The van der Waals surface area contributed by atoms with Gasteiger partial charge in [-0.05, 0) is 77.6 Å². The van der Waals surface area contributed by atoms with E-state index >= 15 is 0 Å². The summed E-state index contributed by atoms with van der Waals surface area (Å²) in [6.07, 6.45) is 5.39. The molecule has 6 heteroatoms. The summed E-state index contributed by atoms with van der Waals surface area (Å²) in [6, 6.07) is 25.1. The van der Waals surface area contributed by atoms with Crippen molar-refractivity contribution >= 4 is 23.4 Å². The van der Waals surface area contributed by atoms with Crippen molar-refractivity contribution in [2.75, 3.05) is 11.9 Å². The van der Waals surface area contributed by atoms with Crippen molar-refractivity contribution < 1.29 is 19.1 Å². The van der Waals surface area contributed by atoms with Crippen LogP contribution in [0.3, 0.4) is 0 Å². The van der Waals surface area contributed by atoms with E-state index in [4.69, 9.17) is 4.74 Å². The van der Waals surface area contributed by atoms with Crippen molar-refractivity contribution in [1.82, 2.24) is 4.90 Å². The van der Waals surface area contributed by atoms with Gasteiger partial charge in [-0.2, -0.15) is 0 Å². The molecule has 2 bridgehead atoms. The Bertz CT molecular complexity index is 1380. The zero-order valence-electron chi connectivity index (χ0n) is 20.1. The van der Waals surface area contributed by atoms with Crippen LogP contribution in [0.15, 0.2) is 91.0 Å². The maximum absolute atomic E-state index is 13.1. The second-order valence-electron chi connectivity index (χ2n) is 10.5. The summed E-state index contributed by atoms with van der Waals surface area (Å²) in [5.41, 5.74) is 2.84. The van der Waals surface area contributed by atoms with Crippen molar-refractivity contribution in [3.05, 3.63) is 91.0 Å². The number of hydrogen-bond donors (Lipinski definition) is 1. The molecule has 184 valence electrons. The standard InChI is InChI=1S/C31H26N2O4/c34-27(17-33-30(35)28-23-14-15-24(26-16-25(23)26)29(28)31(33)36)32-20-8-12-22(13-9-20)37-21-10-6-19(7-11-21)18-4-2-1-3-5-18/h1-15,23-26,28-29H,16-17H2,(H,32,34)/t23-,24-,25-,26+,28-,29+/m1/s1. The average molecular weight is 491 g/mol. The lowest BCUT2D eigenvalue weighted by Crippen LogP contribution is -2.40. The number of anilines is 1. The fourth-order valence-corrected chi connectivity index (χ4v) is 6.61. The number of nitrogens with zero attached hydrogens (tertiary/aromatic N) is 1. The molecule has 1 N–H and O–H groups in total. The van der Waals surface area contributed by atoms with Crippen LogP contribution in [0.4, 0.5) is 5.69 Å². The number of amides is 3. The highest BCUT2D eigenvalue weighted by molar-refractivity contribution is 6.09. The number of likely N-dealkylation sites (tertiary alicyclic amines) is 1. The topological polar surface area (TPSA) is 75.7 Å². The van der Waals surface area contributed by atoms with Crippen LogP contribution in [0.2, 0.25) is 0 Å². The molecule has 4 aliphatic carbocycles. The maximum atomic E-state index is 13.1. The van der Waals surface area contributed by atoms with Crippen molar-refractivity contribution in [3.63, 3.8) is 0 Å². The monoisotopic (exact) mass is 490 g/mol. The Balaban J connectivity index is 0.966. The molecule has 5 aliphatic rings. The first kappa shape index (κ1) is 22.0. The van der Waals surface area contributed by atoms with Crippen LogP contribution < -0.4 is 10.1 Å². The van der Waals surface area contributed by atoms with E-state index in [1.807, 2.05) is 42.5 Å². The van der Waals surface area contributed by atoms with Gasteiger partial charge in [-0.15, -0.1) is 0 Å². The lowest BCUT2D eigenvalue weighted by atomic mass is 9.63. The average Bonchev–Trinajstić information content (AvgIpc) is 3.72. The minimum absolute atomic E-state index is 0.159. The fourth-order valence-electron chi connectivity index (χ4n) is 6.61. The van der Waals surface area contributed by atoms with E-state index in [1.54, 1.807) is 24.3 Å². The van der Waals surface area contributed by atoms with Gasteiger partial charge in [0.1, 0.15) is 18.0 Å². The quantitative estimate of drug-likeness (QED) is 0.384. The van der Waals surface area contributed by atoms with Crippen molar-refractivity contribution in [3.8, 4) is 22.6 Å². The molecule has 0 spiro atoms. The second kappa shape index (κ2) is 8.44. The number of imide groups is 1. The maximum Gasteiger partial charge on any atom is 0.244 e. The molecular weight excluding hydrogens is 464 g/mol. The van der Waals surface area contributed by atoms with Gasteiger partial charge in [0.25, 0.3) is 0 Å². The van der Waals surface area contributed by atoms with Crippen LogP contribution in [0.5, 0.6) is 11.5 Å². The zero-order chi connectivity index (χ0) is 25.1. The van der Waals surface area contributed by atoms with E-state index in [0.29, 0.717) is 29.0 Å². The number of rotatable bonds is 6. The van der Waals surface area contributed by atoms with Gasteiger partial charge in [0.15, 0.2) is 0 Å². The Labute approximate surface area is 214 Å². The molecule has 0 radical (unpaired) electrons. The van der Waals surface area contributed by atoms with Crippen LogP contribution in [0, 0.1) is 35.5 Å². The number of hydrogen-bond acceptors (Lipinski definition) is 4. The van der Waals surface area contributed by atoms with Crippen LogP contribution in [0.1, 0.15) is 6.42 Å². The summed E-state index contributed by atoms with van der Waals surface area (Å²) in [4.78, 5) is 40.1. The van der Waals surface area contributed by atoms with E-state index in [0.717, 1.165) is 17.5 Å². The van der Waals surface area contributed by atoms with E-state index in [9.17, 15) is 14.4 Å². The first-order valence-electron chi connectivity index (χ1n) is 12.8. The van der Waals surface area contributed by atoms with Gasteiger partial charge < -0.3 is 10.1 Å². The Morgan fingerprint density at radius 2 is 1.30 bits per heavy atom. The third-order valence-corrected chi connectivity index (χ3v) is 8.39. The summed E-state index contributed by atoms with van der Waals surface area (Å²) in [7, 11) is 0. The van der Waals surface area contributed by atoms with Crippen molar-refractivity contribution in [2.24, 2.45) is 35.5 Å². The molecule has 8 rings (SSSR count). The van der Waals surface area contributed by atoms with E-state index in [1.165, 1.54) is 4.90 Å². The Hall–Kier alpha value is -4.19. The summed E-state index contributed by atoms with van der Waals surface area (Å²) < 4.78 is 5.94. The minimum Gasteiger partial charge on any atom is -0.457 e. The molecule has 2 saturated carbocycles. The smallest absolute Gasteiger partial charge is 0.244 e. The number of carbonyl (C=O) groups excluding carboxylic acids is 3. The van der Waals surface area contributed by atoms with E-state index < -0.39 is 0 Å². The summed E-state index contributed by atoms with van der Waals surface area (Å²) in [5, 5.41) is 2.81. The van der Waals surface area contributed by atoms with Gasteiger partial charge in [-0.3, -0.25) is 19.3 Å². The predicted molar refractivity (Wildman–Crippen MR) is 138 cm³/mol. The molecule has 1 saturated heterocycles. The normalized spacial score (nSPS) is 28.6. The molecule has 1 aliphatic heterocycles. The Morgan fingerprint density at radius 1 is 0.757 bits per heavy atom. The molecule has 3 fully saturated rings. The van der Waals surface area contributed by atoms with Gasteiger partial charge in [-0.1, -0.05) is 54.6 Å². The van der Waals surface area contributed by atoms with Gasteiger partial charge in [0.2, 0.25) is 17.7 Å². The molecule has 3 aromatic carbocycles. The number of nitrogens with one attached hydrogen (secondary N) is 1. The third kappa shape index (κ3) is 3.75. The van der Waals surface area contributed by atoms with Crippen LogP contribution >= 0.6 is 0 Å². The lowest BCUT2D eigenvalue weighted by Gasteiger charge is -2.37. The highest BCUT2D eigenvalue weighted by Crippen LogP contribution is 2.65. The number of benzene rings is 3. The summed E-state index contributed by atoms with van der Waals surface area (Å²) >= 11 is 0. The number of ether oxygens (including phenoxy) is 1. The lowest BCUT2D eigenvalue weighted by molar-refractivity contribution is -0.142. The van der Waals surface area contributed by atoms with Gasteiger partial charge in [-0.25, -0.2) is 0 Å². The summed E-state index contributed by atoms with van der Waals surface area (Å²) in [6.45, 7) is -0.245. The molecule has 37 heavy (non-hydrogen) atoms. The summed E-state index contributed by atoms with van der Waals surface area (Å²) in [5.74, 6) is 1.46. The second-order valence-corrected chi connectivity index (χ2v) is 10.5. The Morgan fingerprint density at radius 3 is 1.89 bits per heavy atom. The van der Waals surface area contributed by atoms with Crippen molar-refractivity contribution in [1.29, 1.82) is 0 Å². The molecule has 1 heterocycles. The molecular formula is C31H26N2O4. The molecule has 3 amide bonds. The predicted octanol–water partition coefficient (Wildman–Crippen LogP) is 5.14. The van der Waals surface area contributed by atoms with Crippen LogP contribution in [0.25, 0.3) is 11.1 Å². The SMILES string of the molecule is O=C(CN1C(=O)[C@@H]2[C@@H]3C=C[C@H]([C@@H]4C[C@H]34)[C@@H]2C1=O)Nc1ccc(Oc2ccc(-c3ccccc3)cc2)cc1. The van der Waals surface area contributed by atoms with Crippen LogP contribution in [-0.2, 0) is 14.4 Å². The van der Waals surface area contributed by atoms with Gasteiger partial charge in [0, 0.05) is 5.69 Å². The highest BCUT2D eigenvalue weighted by atomic mass is 16.5. The van der Waals surface area contributed by atoms with E-state index in [-0.39, 0.29) is 47.9 Å². The number of allylic oxidation sites excluding steroid dienone is 2. The molecule has 6 atom stereocenters. The molecule has 0 unspecified atom stereocenters. The molecule has 0 aromatic heterocycles. The van der Waals surface area contributed by atoms with Crippen molar-refractivity contribution in [2.45, 2.75) is 6.42 Å². The fraction of sp³-hybridized carbons (Fsp3) is 0.258. The third-order valence-electron chi connectivity index (χ3n) is 8.39. The molecule has 6 nitrogen and oxygen atoms in total. The highest BCUT2D eigenvalue weighted by Gasteiger charge is 2.67. The largest absolute Gasteiger partial charge is 0.457 e. The van der Waals surface area contributed by atoms with Gasteiger partial charge >= 0.3 is 0 Å². The Kier molecular flexibility index (Phi) is 5.03. The zero-order valence-corrected chi connectivity index (χ0v) is 20.1.